The molecule has 1 unspecified atom stereocenters. The third-order valence-electron chi connectivity index (χ3n) is 2.22. The zero-order valence-electron chi connectivity index (χ0n) is 7.84. The molecule has 0 aliphatic heterocycles. The lowest BCUT2D eigenvalue weighted by molar-refractivity contribution is -0.138. The Morgan fingerprint density at radius 1 is 1.57 bits per heavy atom. The molecule has 0 heterocycles. The number of benzene rings is 1. The number of aliphatic carboxylic acids is 1. The van der Waals surface area contributed by atoms with E-state index in [1.54, 1.807) is 13.8 Å². The molecule has 0 saturated carbocycles. The summed E-state index contributed by atoms with van der Waals surface area (Å²) in [5.74, 6) is -1.90. The van der Waals surface area contributed by atoms with Crippen LogP contribution in [0.1, 0.15) is 24.0 Å². The quantitative estimate of drug-likeness (QED) is 0.888. The van der Waals surface area contributed by atoms with E-state index in [0.29, 0.717) is 15.6 Å². The first-order valence-corrected chi connectivity index (χ1v) is 4.91. The summed E-state index contributed by atoms with van der Waals surface area (Å²) in [4.78, 5) is 10.7. The Bertz CT molecular complexity index is 377. The van der Waals surface area contributed by atoms with Gasteiger partial charge in [0, 0.05) is 0 Å². The Hall–Kier alpha value is -0.900. The first kappa shape index (κ1) is 11.2. The van der Waals surface area contributed by atoms with E-state index in [1.165, 1.54) is 12.1 Å². The Labute approximate surface area is 89.9 Å². The van der Waals surface area contributed by atoms with Crippen molar-refractivity contribution < 1.29 is 14.3 Å². The molecule has 1 aromatic carbocycles. The molecule has 0 amide bonds. The lowest BCUT2D eigenvalue weighted by Crippen LogP contribution is -2.09. The second-order valence-electron chi connectivity index (χ2n) is 3.14. The van der Waals surface area contributed by atoms with Gasteiger partial charge in [0.1, 0.15) is 5.82 Å². The highest BCUT2D eigenvalue weighted by Gasteiger charge is 2.18. The summed E-state index contributed by atoms with van der Waals surface area (Å²) in [6, 6.07) is 2.78. The van der Waals surface area contributed by atoms with Crippen molar-refractivity contribution in [1.29, 1.82) is 0 Å². The summed E-state index contributed by atoms with van der Waals surface area (Å²) in [6.45, 7) is 3.27. The molecular formula is C10H10BrFO2. The van der Waals surface area contributed by atoms with Crippen LogP contribution in [-0.4, -0.2) is 11.1 Å². The van der Waals surface area contributed by atoms with Gasteiger partial charge < -0.3 is 5.11 Å². The van der Waals surface area contributed by atoms with E-state index in [9.17, 15) is 9.18 Å². The summed E-state index contributed by atoms with van der Waals surface area (Å²) in [6.07, 6.45) is 0. The molecule has 76 valence electrons. The molecular weight excluding hydrogens is 251 g/mol. The van der Waals surface area contributed by atoms with Gasteiger partial charge in [-0.25, -0.2) is 4.39 Å². The second kappa shape index (κ2) is 4.09. The highest BCUT2D eigenvalue weighted by atomic mass is 79.9. The van der Waals surface area contributed by atoms with Crippen molar-refractivity contribution in [3.05, 3.63) is 33.5 Å². The number of halogens is 2. The summed E-state index contributed by atoms with van der Waals surface area (Å²) in [7, 11) is 0. The molecule has 0 aliphatic carbocycles. The van der Waals surface area contributed by atoms with Crippen molar-refractivity contribution >= 4 is 21.9 Å². The molecule has 0 aromatic heterocycles. The van der Waals surface area contributed by atoms with Gasteiger partial charge in [-0.05, 0) is 47.0 Å². The van der Waals surface area contributed by atoms with Gasteiger partial charge in [-0.3, -0.25) is 4.79 Å². The maximum atomic E-state index is 13.0. The smallest absolute Gasteiger partial charge is 0.310 e. The van der Waals surface area contributed by atoms with Gasteiger partial charge in [0.05, 0.1) is 10.4 Å². The molecule has 0 fully saturated rings. The first-order chi connectivity index (χ1) is 6.45. The van der Waals surface area contributed by atoms with Crippen molar-refractivity contribution in [2.75, 3.05) is 0 Å². The maximum Gasteiger partial charge on any atom is 0.310 e. The number of carbonyl (C=O) groups is 1. The summed E-state index contributed by atoms with van der Waals surface area (Å²) in [5.41, 5.74) is 1.27. The average molecular weight is 261 g/mol. The predicted molar refractivity (Wildman–Crippen MR) is 54.9 cm³/mol. The molecule has 4 heteroatoms. The molecule has 1 rings (SSSR count). The molecule has 0 radical (unpaired) electrons. The van der Waals surface area contributed by atoms with Crippen LogP contribution in [0.4, 0.5) is 4.39 Å². The third kappa shape index (κ3) is 1.95. The molecule has 0 spiro atoms. The fraction of sp³-hybridized carbons (Fsp3) is 0.300. The third-order valence-corrected chi connectivity index (χ3v) is 3.19. The van der Waals surface area contributed by atoms with Gasteiger partial charge >= 0.3 is 5.97 Å². The molecule has 0 saturated heterocycles. The van der Waals surface area contributed by atoms with E-state index in [-0.39, 0.29) is 5.82 Å². The lowest BCUT2D eigenvalue weighted by atomic mass is 9.96. The van der Waals surface area contributed by atoms with Crippen LogP contribution in [0.15, 0.2) is 16.6 Å². The number of carboxylic acids is 1. The predicted octanol–water partition coefficient (Wildman–Crippen LogP) is 3.08. The minimum atomic E-state index is -0.911. The first-order valence-electron chi connectivity index (χ1n) is 4.12. The Morgan fingerprint density at radius 3 is 2.64 bits per heavy atom. The summed E-state index contributed by atoms with van der Waals surface area (Å²) in [5, 5.41) is 8.81. The topological polar surface area (TPSA) is 37.3 Å². The zero-order chi connectivity index (χ0) is 10.9. The van der Waals surface area contributed by atoms with E-state index in [2.05, 4.69) is 15.9 Å². The minimum Gasteiger partial charge on any atom is -0.481 e. The van der Waals surface area contributed by atoms with Gasteiger partial charge in [0.15, 0.2) is 0 Å². The largest absolute Gasteiger partial charge is 0.481 e. The van der Waals surface area contributed by atoms with Crippen LogP contribution in [-0.2, 0) is 4.79 Å². The number of hydrogen-bond donors (Lipinski definition) is 1. The monoisotopic (exact) mass is 260 g/mol. The van der Waals surface area contributed by atoms with E-state index in [4.69, 9.17) is 5.11 Å². The second-order valence-corrected chi connectivity index (χ2v) is 3.93. The van der Waals surface area contributed by atoms with Gasteiger partial charge in [-0.2, -0.15) is 0 Å². The van der Waals surface area contributed by atoms with Gasteiger partial charge in [-0.15, -0.1) is 0 Å². The van der Waals surface area contributed by atoms with Gasteiger partial charge in [-0.1, -0.05) is 6.07 Å². The lowest BCUT2D eigenvalue weighted by Gasteiger charge is -2.11. The highest BCUT2D eigenvalue weighted by molar-refractivity contribution is 9.10. The summed E-state index contributed by atoms with van der Waals surface area (Å²) < 4.78 is 13.4. The van der Waals surface area contributed by atoms with Crippen molar-refractivity contribution in [3.63, 3.8) is 0 Å². The van der Waals surface area contributed by atoms with Crippen LogP contribution in [0.3, 0.4) is 0 Å². The van der Waals surface area contributed by atoms with Gasteiger partial charge in [0.25, 0.3) is 0 Å². The maximum absolute atomic E-state index is 13.0. The van der Waals surface area contributed by atoms with Crippen LogP contribution in [0.2, 0.25) is 0 Å². The molecule has 1 N–H and O–H groups in total. The number of carboxylic acid groups (broad SMARTS) is 1. The van der Waals surface area contributed by atoms with Crippen LogP contribution in [0.5, 0.6) is 0 Å². The number of rotatable bonds is 2. The van der Waals surface area contributed by atoms with Crippen LogP contribution < -0.4 is 0 Å². The molecule has 2 nitrogen and oxygen atoms in total. The van der Waals surface area contributed by atoms with E-state index in [0.717, 1.165) is 0 Å². The normalized spacial score (nSPS) is 12.6. The Balaban J connectivity index is 3.24. The van der Waals surface area contributed by atoms with Crippen molar-refractivity contribution in [2.24, 2.45) is 0 Å². The van der Waals surface area contributed by atoms with E-state index in [1.807, 2.05) is 0 Å². The Morgan fingerprint density at radius 2 is 2.14 bits per heavy atom. The van der Waals surface area contributed by atoms with Gasteiger partial charge in [0.2, 0.25) is 0 Å². The zero-order valence-corrected chi connectivity index (χ0v) is 9.43. The van der Waals surface area contributed by atoms with E-state index >= 15 is 0 Å². The molecule has 1 aromatic rings. The van der Waals surface area contributed by atoms with Crippen LogP contribution >= 0.6 is 15.9 Å². The average Bonchev–Trinajstić information content (AvgIpc) is 2.13. The highest BCUT2D eigenvalue weighted by Crippen LogP contribution is 2.28. The molecule has 14 heavy (non-hydrogen) atoms. The molecule has 1 atom stereocenters. The van der Waals surface area contributed by atoms with Crippen LogP contribution in [0, 0.1) is 12.7 Å². The van der Waals surface area contributed by atoms with Crippen molar-refractivity contribution in [3.8, 4) is 0 Å². The minimum absolute atomic E-state index is 0.336. The van der Waals surface area contributed by atoms with Crippen molar-refractivity contribution in [2.45, 2.75) is 19.8 Å². The molecule has 0 aliphatic rings. The fourth-order valence-corrected chi connectivity index (χ4v) is 1.63. The Kier molecular flexibility index (Phi) is 3.26. The fourth-order valence-electron chi connectivity index (χ4n) is 1.27. The van der Waals surface area contributed by atoms with Crippen molar-refractivity contribution in [1.82, 2.24) is 0 Å². The van der Waals surface area contributed by atoms with E-state index < -0.39 is 11.9 Å². The van der Waals surface area contributed by atoms with Crippen LogP contribution in [0.25, 0.3) is 0 Å². The SMILES string of the molecule is Cc1c(C(C)C(=O)O)ccc(F)c1Br. The standard InChI is InChI=1S/C10H10BrFO2/c1-5-7(6(2)10(13)14)3-4-8(12)9(5)11/h3-4,6H,1-2H3,(H,13,14). The molecule has 0 bridgehead atoms. The number of hydrogen-bond acceptors (Lipinski definition) is 1. The summed E-state index contributed by atoms with van der Waals surface area (Å²) >= 11 is 3.08.